The third-order valence-corrected chi connectivity index (χ3v) is 13.3. The lowest BCUT2D eigenvalue weighted by atomic mass is 9.74. The number of benzene rings is 4. The molecule has 252 valence electrons. The van der Waals surface area contributed by atoms with Crippen molar-refractivity contribution in [1.82, 2.24) is 0 Å². The van der Waals surface area contributed by atoms with Gasteiger partial charge in [-0.25, -0.2) is 0 Å². The topological polar surface area (TPSA) is 12.5 Å². The van der Waals surface area contributed by atoms with Crippen LogP contribution in [0.25, 0.3) is 16.7 Å². The molecule has 51 heavy (non-hydrogen) atoms. The van der Waals surface area contributed by atoms with Gasteiger partial charge in [-0.3, -0.25) is 0 Å². The molecule has 0 saturated carbocycles. The molecule has 0 aromatic heterocycles. The summed E-state index contributed by atoms with van der Waals surface area (Å²) >= 11 is 0. The monoisotopic (exact) mass is 679 g/mol. The van der Waals surface area contributed by atoms with Gasteiger partial charge in [0.2, 0.25) is 0 Å². The number of fused-ring (bicyclic) bond motifs is 4. The van der Waals surface area contributed by atoms with Crippen LogP contribution >= 0.6 is 0 Å². The molecule has 9 rings (SSSR count). The number of nitrogens with zero attached hydrogens (tertiary/aromatic N) is 1. The van der Waals surface area contributed by atoms with Gasteiger partial charge >= 0.3 is 0 Å². The molecule has 1 saturated heterocycles. The van der Waals surface area contributed by atoms with Gasteiger partial charge in [0, 0.05) is 40.4 Å². The lowest BCUT2D eigenvalue weighted by Gasteiger charge is -2.32. The number of allylic oxidation sites excluding steroid dienone is 12. The largest absolute Gasteiger partial charge is 0.489 e. The van der Waals surface area contributed by atoms with E-state index in [1.807, 2.05) is 0 Å². The first-order valence-electron chi connectivity index (χ1n) is 18.8. The third-order valence-electron chi connectivity index (χ3n) is 11.5. The van der Waals surface area contributed by atoms with E-state index in [-0.39, 0.29) is 6.10 Å². The van der Waals surface area contributed by atoms with Crippen molar-refractivity contribution in [3.8, 4) is 11.1 Å². The summed E-state index contributed by atoms with van der Waals surface area (Å²) in [6.07, 6.45) is 26.6. The lowest BCUT2D eigenvalue weighted by molar-refractivity contribution is 0.186. The fraction of sp³-hybridized carbons (Fsp3) is 0.208. The number of anilines is 3. The van der Waals surface area contributed by atoms with Gasteiger partial charge in [-0.1, -0.05) is 140 Å². The highest BCUT2D eigenvalue weighted by Crippen LogP contribution is 2.50. The van der Waals surface area contributed by atoms with Gasteiger partial charge in [0.25, 0.3) is 0 Å². The van der Waals surface area contributed by atoms with Crippen LogP contribution < -0.4 is 4.90 Å². The van der Waals surface area contributed by atoms with Crippen LogP contribution in [0.1, 0.15) is 36.3 Å². The first kappa shape index (κ1) is 31.8. The number of hydrogen-bond donors (Lipinski definition) is 0. The van der Waals surface area contributed by atoms with E-state index >= 15 is 0 Å². The lowest BCUT2D eigenvalue weighted by Crippen LogP contribution is -2.20. The minimum atomic E-state index is -1.10. The predicted molar refractivity (Wildman–Crippen MR) is 217 cm³/mol. The van der Waals surface area contributed by atoms with Gasteiger partial charge in [-0.2, -0.15) is 0 Å². The van der Waals surface area contributed by atoms with E-state index in [9.17, 15) is 0 Å². The van der Waals surface area contributed by atoms with Crippen LogP contribution in [-0.4, -0.2) is 14.9 Å². The predicted octanol–water partition coefficient (Wildman–Crippen LogP) is 12.2. The Hall–Kier alpha value is -5.12. The Morgan fingerprint density at radius 1 is 0.686 bits per heavy atom. The smallest absolute Gasteiger partial charge is 0.124 e. The van der Waals surface area contributed by atoms with E-state index in [0.29, 0.717) is 23.7 Å². The minimum absolute atomic E-state index is 0.141. The minimum Gasteiger partial charge on any atom is -0.489 e. The maximum atomic E-state index is 6.79. The summed E-state index contributed by atoms with van der Waals surface area (Å²) in [6, 6.07) is 38.3. The molecule has 0 bridgehead atoms. The molecule has 0 amide bonds. The van der Waals surface area contributed by atoms with E-state index in [2.05, 4.69) is 182 Å². The summed E-state index contributed by atoms with van der Waals surface area (Å²) in [5.41, 5.74) is 11.4. The summed E-state index contributed by atoms with van der Waals surface area (Å²) in [7, 11) is -1.10. The molecule has 4 aromatic carbocycles. The van der Waals surface area contributed by atoms with Gasteiger partial charge < -0.3 is 9.64 Å². The molecule has 4 aliphatic carbocycles. The van der Waals surface area contributed by atoms with Crippen LogP contribution in [0.4, 0.5) is 17.1 Å². The van der Waals surface area contributed by atoms with Crippen LogP contribution in [-0.2, 0) is 4.74 Å². The molecule has 2 nitrogen and oxygen atoms in total. The second kappa shape index (κ2) is 13.5. The first-order chi connectivity index (χ1) is 25.1. The van der Waals surface area contributed by atoms with Gasteiger partial charge in [-0.05, 0) is 95.5 Å². The van der Waals surface area contributed by atoms with Crippen molar-refractivity contribution >= 4 is 31.4 Å². The zero-order valence-electron chi connectivity index (χ0n) is 29.5. The highest BCUT2D eigenvalue weighted by Gasteiger charge is 2.43. The average molecular weight is 680 g/mol. The van der Waals surface area contributed by atoms with Crippen molar-refractivity contribution in [2.24, 2.45) is 17.8 Å². The van der Waals surface area contributed by atoms with Crippen molar-refractivity contribution in [2.45, 2.75) is 44.4 Å². The van der Waals surface area contributed by atoms with E-state index in [0.717, 1.165) is 24.2 Å². The Balaban J connectivity index is 1.11. The molecular weight excluding hydrogens is 635 g/mol. The van der Waals surface area contributed by atoms with E-state index < -0.39 is 8.80 Å². The molecule has 0 radical (unpaired) electrons. The molecule has 5 atom stereocenters. The molecule has 0 spiro atoms. The van der Waals surface area contributed by atoms with Crippen LogP contribution in [0.3, 0.4) is 0 Å². The van der Waals surface area contributed by atoms with Crippen molar-refractivity contribution in [2.75, 3.05) is 4.90 Å². The maximum absolute atomic E-state index is 6.79. The van der Waals surface area contributed by atoms with Gasteiger partial charge in [0.1, 0.15) is 11.9 Å². The Kier molecular flexibility index (Phi) is 8.45. The molecule has 1 aliphatic heterocycles. The summed E-state index contributed by atoms with van der Waals surface area (Å²) in [4.78, 5) is 2.43. The molecular formula is C48H45NOSi. The molecule has 4 aromatic rings. The van der Waals surface area contributed by atoms with Gasteiger partial charge in [-0.15, -0.1) is 0 Å². The van der Waals surface area contributed by atoms with Crippen LogP contribution in [0.15, 0.2) is 180 Å². The molecule has 5 aliphatic rings. The Labute approximate surface area is 304 Å². The first-order valence-corrected chi connectivity index (χ1v) is 21.7. The van der Waals surface area contributed by atoms with Gasteiger partial charge in [0.15, 0.2) is 0 Å². The van der Waals surface area contributed by atoms with Crippen LogP contribution in [0, 0.1) is 17.8 Å². The van der Waals surface area contributed by atoms with E-state index in [1.165, 1.54) is 56.5 Å². The fourth-order valence-electron chi connectivity index (χ4n) is 8.98. The van der Waals surface area contributed by atoms with Crippen molar-refractivity contribution < 1.29 is 4.74 Å². The van der Waals surface area contributed by atoms with Crippen molar-refractivity contribution in [3.05, 3.63) is 192 Å². The zero-order chi connectivity index (χ0) is 34.3. The third kappa shape index (κ3) is 5.94. The average Bonchev–Trinajstić information content (AvgIpc) is 3.57. The van der Waals surface area contributed by atoms with E-state index in [4.69, 9.17) is 4.74 Å². The summed E-state index contributed by atoms with van der Waals surface area (Å²) < 4.78 is 6.79. The quantitative estimate of drug-likeness (QED) is 0.180. The molecule has 1 fully saturated rings. The highest BCUT2D eigenvalue weighted by molar-refractivity contribution is 6.67. The second-order valence-electron chi connectivity index (χ2n) is 14.9. The number of rotatable bonds is 7. The second-order valence-corrected chi connectivity index (χ2v) is 17.8. The fourth-order valence-corrected chi connectivity index (χ4v) is 10.5. The number of ether oxygens (including phenoxy) is 1. The van der Waals surface area contributed by atoms with Gasteiger partial charge in [0.05, 0.1) is 8.80 Å². The zero-order valence-corrected chi connectivity index (χ0v) is 30.7. The SMILES string of the molecule is C[SiH](C)C1=CCC2C(=C1c1ccc(N(c3ccc(-c4ccccc4)cc3)c3cccc(C4C=CC=C5C=CCCC54)c3)cc1)OC1C=CC=CC12. The summed E-state index contributed by atoms with van der Waals surface area (Å²) in [5.74, 6) is 2.94. The summed E-state index contributed by atoms with van der Waals surface area (Å²) in [5, 5.41) is 1.54. The number of hydrogen-bond acceptors (Lipinski definition) is 2. The Morgan fingerprint density at radius 2 is 1.43 bits per heavy atom. The molecule has 1 heterocycles. The standard InChI is InChI=1S/C48H45NOSi/c1-51(2)46-31-30-44-43-19-8-9-21-45(43)50-48(44)47(46)36-24-28-39(29-25-36)49(38-26-22-34(23-27-38)33-12-4-3-5-13-33)40-17-10-16-37(32-40)42-20-11-15-35-14-6-7-18-41(35)42/h3-6,8-17,19-29,31-32,41-45,51H,7,18,30H2,1-2H3. The molecule has 5 unspecified atom stereocenters. The molecule has 0 N–H and O–H groups in total. The Morgan fingerprint density at radius 3 is 2.22 bits per heavy atom. The van der Waals surface area contributed by atoms with Crippen LogP contribution in [0.5, 0.6) is 0 Å². The van der Waals surface area contributed by atoms with Crippen LogP contribution in [0.2, 0.25) is 13.1 Å². The van der Waals surface area contributed by atoms with Crippen molar-refractivity contribution in [3.63, 3.8) is 0 Å². The van der Waals surface area contributed by atoms with E-state index in [1.54, 1.807) is 0 Å². The van der Waals surface area contributed by atoms with Crippen molar-refractivity contribution in [1.29, 1.82) is 0 Å². The Bertz CT molecular complexity index is 2140. The normalized spacial score (nSPS) is 24.4. The maximum Gasteiger partial charge on any atom is 0.124 e. The molecule has 3 heteroatoms. The highest BCUT2D eigenvalue weighted by atomic mass is 28.3. The summed E-state index contributed by atoms with van der Waals surface area (Å²) in [6.45, 7) is 4.89.